The second-order valence-corrected chi connectivity index (χ2v) is 8.00. The summed E-state index contributed by atoms with van der Waals surface area (Å²) in [4.78, 5) is 18.9. The number of rotatable bonds is 8. The predicted octanol–water partition coefficient (Wildman–Crippen LogP) is 3.01. The van der Waals surface area contributed by atoms with Gasteiger partial charge in [0.05, 0.1) is 43.4 Å². The van der Waals surface area contributed by atoms with Crippen LogP contribution in [0.1, 0.15) is 10.5 Å². The first-order chi connectivity index (χ1) is 17.0. The highest BCUT2D eigenvalue weighted by Crippen LogP contribution is 2.26. The number of alkyl halides is 2. The molecule has 1 aromatic carbocycles. The van der Waals surface area contributed by atoms with E-state index < -0.39 is 12.5 Å². The van der Waals surface area contributed by atoms with Crippen LogP contribution < -0.4 is 10.1 Å². The van der Waals surface area contributed by atoms with Crippen LogP contribution in [0.5, 0.6) is 5.88 Å². The van der Waals surface area contributed by atoms with Gasteiger partial charge >= 0.3 is 6.61 Å². The van der Waals surface area contributed by atoms with Gasteiger partial charge in [-0.05, 0) is 23.8 Å². The zero-order valence-electron chi connectivity index (χ0n) is 18.7. The Labute approximate surface area is 198 Å². The molecule has 0 unspecified atom stereocenters. The molecule has 4 aromatic rings. The van der Waals surface area contributed by atoms with Gasteiger partial charge in [0.2, 0.25) is 5.88 Å². The zero-order chi connectivity index (χ0) is 24.2. The van der Waals surface area contributed by atoms with E-state index in [1.165, 1.54) is 18.3 Å². The normalized spacial score (nSPS) is 14.5. The summed E-state index contributed by atoms with van der Waals surface area (Å²) in [6.07, 6.45) is 5.02. The number of carbonyl (C=O) groups excluding carboxylic acids is 1. The smallest absolute Gasteiger partial charge is 0.388 e. The van der Waals surface area contributed by atoms with Crippen molar-refractivity contribution in [3.8, 4) is 17.0 Å². The second-order valence-electron chi connectivity index (χ2n) is 8.00. The molecular weight excluding hydrogens is 460 g/mol. The molecular formula is C23H23F2N7O3. The topological polar surface area (TPSA) is 110 Å². The standard InChI is InChI=1S/C23H23F2N7O3/c24-23(25)35-20-4-2-17(13-26-20)28-22(33)21-18-11-15(1-3-19(18)29-30-21)16-12-27-32(14-16)6-5-31-7-9-34-10-8-31/h1-4,11-14,23H,5-10H2,(H,28,33)(H,29,30). The lowest BCUT2D eigenvalue weighted by Gasteiger charge is -2.26. The Morgan fingerprint density at radius 1 is 1.14 bits per heavy atom. The lowest BCUT2D eigenvalue weighted by molar-refractivity contribution is -0.0528. The first-order valence-corrected chi connectivity index (χ1v) is 11.1. The Balaban J connectivity index is 1.29. The molecule has 0 bridgehead atoms. The molecule has 1 aliphatic heterocycles. The number of ether oxygens (including phenoxy) is 2. The van der Waals surface area contributed by atoms with Gasteiger partial charge in [-0.25, -0.2) is 4.98 Å². The minimum Gasteiger partial charge on any atom is -0.417 e. The largest absolute Gasteiger partial charge is 0.417 e. The van der Waals surface area contributed by atoms with Crippen molar-refractivity contribution >= 4 is 22.5 Å². The van der Waals surface area contributed by atoms with Crippen LogP contribution in [0.25, 0.3) is 22.0 Å². The van der Waals surface area contributed by atoms with Crippen LogP contribution in [0.15, 0.2) is 48.9 Å². The molecule has 12 heteroatoms. The van der Waals surface area contributed by atoms with Crippen molar-refractivity contribution in [1.29, 1.82) is 0 Å². The number of hydrogen-bond donors (Lipinski definition) is 2. The number of carbonyl (C=O) groups is 1. The van der Waals surface area contributed by atoms with Crippen LogP contribution in [0.4, 0.5) is 14.5 Å². The van der Waals surface area contributed by atoms with Crippen molar-refractivity contribution in [3.05, 3.63) is 54.6 Å². The third-order valence-corrected chi connectivity index (χ3v) is 5.70. The number of nitrogens with one attached hydrogen (secondary N) is 2. The molecule has 10 nitrogen and oxygen atoms in total. The lowest BCUT2D eigenvalue weighted by atomic mass is 10.1. The molecule has 0 radical (unpaired) electrons. The highest BCUT2D eigenvalue weighted by atomic mass is 19.3. The number of H-pyrrole nitrogens is 1. The molecule has 3 aromatic heterocycles. The minimum absolute atomic E-state index is 0.203. The third kappa shape index (κ3) is 5.44. The number of halogens is 2. The van der Waals surface area contributed by atoms with Crippen LogP contribution in [-0.2, 0) is 11.3 Å². The van der Waals surface area contributed by atoms with Crippen LogP contribution in [0.2, 0.25) is 0 Å². The average Bonchev–Trinajstić information content (AvgIpc) is 3.51. The molecule has 4 heterocycles. The predicted molar refractivity (Wildman–Crippen MR) is 123 cm³/mol. The van der Waals surface area contributed by atoms with Gasteiger partial charge in [-0.3, -0.25) is 19.5 Å². The summed E-state index contributed by atoms with van der Waals surface area (Å²) in [5, 5.41) is 14.8. The molecule has 1 saturated heterocycles. The van der Waals surface area contributed by atoms with E-state index in [1.807, 2.05) is 29.1 Å². The zero-order valence-corrected chi connectivity index (χ0v) is 18.7. The maximum absolute atomic E-state index is 12.8. The summed E-state index contributed by atoms with van der Waals surface area (Å²) in [6, 6.07) is 8.36. The fourth-order valence-corrected chi connectivity index (χ4v) is 3.88. The summed E-state index contributed by atoms with van der Waals surface area (Å²) in [5.74, 6) is -0.697. The van der Waals surface area contributed by atoms with Crippen molar-refractivity contribution < 1.29 is 23.0 Å². The molecule has 1 fully saturated rings. The Morgan fingerprint density at radius 2 is 2.00 bits per heavy atom. The van der Waals surface area contributed by atoms with Crippen molar-refractivity contribution in [2.45, 2.75) is 13.2 Å². The van der Waals surface area contributed by atoms with E-state index in [0.717, 1.165) is 50.5 Å². The molecule has 35 heavy (non-hydrogen) atoms. The molecule has 182 valence electrons. The summed E-state index contributed by atoms with van der Waals surface area (Å²) >= 11 is 0. The Morgan fingerprint density at radius 3 is 2.77 bits per heavy atom. The Bertz CT molecular complexity index is 1300. The number of fused-ring (bicyclic) bond motifs is 1. The maximum Gasteiger partial charge on any atom is 0.388 e. The van der Waals surface area contributed by atoms with Gasteiger partial charge in [0.15, 0.2) is 5.69 Å². The maximum atomic E-state index is 12.8. The fourth-order valence-electron chi connectivity index (χ4n) is 3.88. The number of morpholine rings is 1. The van der Waals surface area contributed by atoms with Crippen LogP contribution >= 0.6 is 0 Å². The number of nitrogens with zero attached hydrogens (tertiary/aromatic N) is 5. The van der Waals surface area contributed by atoms with Gasteiger partial charge in [-0.1, -0.05) is 6.07 Å². The Kier molecular flexibility index (Phi) is 6.64. The summed E-state index contributed by atoms with van der Waals surface area (Å²) in [5.41, 5.74) is 3.07. The van der Waals surface area contributed by atoms with Gasteiger partial charge < -0.3 is 14.8 Å². The summed E-state index contributed by atoms with van der Waals surface area (Å²) in [7, 11) is 0. The number of amides is 1. The monoisotopic (exact) mass is 483 g/mol. The molecule has 1 aliphatic rings. The first kappa shape index (κ1) is 22.9. The molecule has 2 N–H and O–H groups in total. The molecule has 0 spiro atoms. The molecule has 0 saturated carbocycles. The van der Waals surface area contributed by atoms with Gasteiger partial charge in [0.25, 0.3) is 5.91 Å². The van der Waals surface area contributed by atoms with Crippen molar-refractivity contribution in [3.63, 3.8) is 0 Å². The second kappa shape index (κ2) is 10.2. The summed E-state index contributed by atoms with van der Waals surface area (Å²) < 4.78 is 36.1. The average molecular weight is 483 g/mol. The highest BCUT2D eigenvalue weighted by molar-refractivity contribution is 6.11. The van der Waals surface area contributed by atoms with E-state index in [9.17, 15) is 13.6 Å². The van der Waals surface area contributed by atoms with Gasteiger partial charge in [-0.2, -0.15) is 19.0 Å². The first-order valence-electron chi connectivity index (χ1n) is 11.1. The fraction of sp³-hybridized carbons (Fsp3) is 0.304. The van der Waals surface area contributed by atoms with Crippen molar-refractivity contribution in [1.82, 2.24) is 29.9 Å². The quantitative estimate of drug-likeness (QED) is 0.396. The number of anilines is 1. The molecule has 1 amide bonds. The van der Waals surface area contributed by atoms with E-state index in [0.29, 0.717) is 16.6 Å². The highest BCUT2D eigenvalue weighted by Gasteiger charge is 2.17. The van der Waals surface area contributed by atoms with E-state index in [1.54, 1.807) is 6.20 Å². The number of aromatic nitrogens is 5. The third-order valence-electron chi connectivity index (χ3n) is 5.70. The number of pyridine rings is 1. The lowest BCUT2D eigenvalue weighted by Crippen LogP contribution is -2.38. The van der Waals surface area contributed by atoms with Gasteiger partial charge in [0.1, 0.15) is 0 Å². The van der Waals surface area contributed by atoms with E-state index in [2.05, 4.69) is 35.2 Å². The summed E-state index contributed by atoms with van der Waals surface area (Å²) in [6.45, 7) is 2.10. The number of benzene rings is 1. The van der Waals surface area contributed by atoms with Crippen LogP contribution in [0.3, 0.4) is 0 Å². The number of hydrogen-bond acceptors (Lipinski definition) is 7. The molecule has 5 rings (SSSR count). The molecule has 0 atom stereocenters. The van der Waals surface area contributed by atoms with Gasteiger partial charge in [-0.15, -0.1) is 0 Å². The van der Waals surface area contributed by atoms with E-state index in [-0.39, 0.29) is 11.6 Å². The molecule has 0 aliphatic carbocycles. The van der Waals surface area contributed by atoms with Gasteiger partial charge in [0, 0.05) is 42.8 Å². The van der Waals surface area contributed by atoms with E-state index in [4.69, 9.17) is 4.74 Å². The SMILES string of the molecule is O=C(Nc1ccc(OC(F)F)nc1)c1n[nH]c2ccc(-c3cnn(CCN4CCOCC4)c3)cc12. The number of aromatic amines is 1. The van der Waals surface area contributed by atoms with Crippen LogP contribution in [-0.4, -0.2) is 75.2 Å². The van der Waals surface area contributed by atoms with Crippen molar-refractivity contribution in [2.75, 3.05) is 38.2 Å². The minimum atomic E-state index is -2.97. The van der Waals surface area contributed by atoms with Crippen LogP contribution in [0, 0.1) is 0 Å². The van der Waals surface area contributed by atoms with E-state index >= 15 is 0 Å². The van der Waals surface area contributed by atoms with Crippen molar-refractivity contribution in [2.24, 2.45) is 0 Å². The Hall–Kier alpha value is -3.90.